The number of halogens is 3. The Morgan fingerprint density at radius 2 is 1.84 bits per heavy atom. The Morgan fingerprint density at radius 3 is 2.53 bits per heavy atom. The molecule has 1 aromatic heterocycles. The third-order valence-electron chi connectivity index (χ3n) is 6.50. The third-order valence-corrected chi connectivity index (χ3v) is 8.26. The average Bonchev–Trinajstić information content (AvgIpc) is 2.98. The van der Waals surface area contributed by atoms with E-state index < -0.39 is 43.0 Å². The van der Waals surface area contributed by atoms with Gasteiger partial charge in [0.25, 0.3) is 0 Å². The molecule has 0 unspecified atom stereocenters. The van der Waals surface area contributed by atoms with Gasteiger partial charge in [0, 0.05) is 39.4 Å². The number of phosphoric acid groups is 1. The number of carbonyl (C=O) groups excluding carboxylic acids is 2. The summed E-state index contributed by atoms with van der Waals surface area (Å²) >= 11 is 6.01. The minimum atomic E-state index is -3.77. The molecule has 43 heavy (non-hydrogen) atoms. The SMILES string of the molecule is COP(=O)(OC)OCC(C)(C)C[C@H](COC(=O)Nc1cc2cc(F)ccc2cn1)N(C)C(=O)NCc1cccc(F)c1Cl. The number of ether oxygens (including phenoxy) is 1. The monoisotopic (exact) mass is 642 g/mol. The number of nitrogens with zero attached hydrogens (tertiary/aromatic N) is 2. The predicted octanol–water partition coefficient (Wildman–Crippen LogP) is 6.76. The van der Waals surface area contributed by atoms with E-state index in [2.05, 4.69) is 15.6 Å². The van der Waals surface area contributed by atoms with E-state index in [1.165, 1.54) is 62.7 Å². The van der Waals surface area contributed by atoms with Gasteiger partial charge in [-0.25, -0.2) is 27.9 Å². The number of benzene rings is 2. The molecule has 0 fully saturated rings. The molecule has 0 aliphatic heterocycles. The second-order valence-electron chi connectivity index (χ2n) is 10.4. The fourth-order valence-electron chi connectivity index (χ4n) is 4.08. The van der Waals surface area contributed by atoms with Gasteiger partial charge >= 0.3 is 19.9 Å². The van der Waals surface area contributed by atoms with E-state index in [4.69, 9.17) is 29.9 Å². The number of nitrogens with one attached hydrogen (secondary N) is 2. The largest absolute Gasteiger partial charge is 0.474 e. The standard InChI is InChI=1S/C28H34ClF2N4O7P/c1-28(2,17-42-43(38,39-4)40-5)13-22(35(3)26(36)33-15-19-7-6-8-23(31)25(19)29)16-41-27(37)34-24-12-20-11-21(30)10-9-18(20)14-32-24/h6-12,14,22H,13,15-17H2,1-5H3,(H,33,36)(H,32,34,37)/t22-/m1/s1. The van der Waals surface area contributed by atoms with Crippen LogP contribution in [-0.2, 0) is 29.4 Å². The Kier molecular flexibility index (Phi) is 11.8. The highest BCUT2D eigenvalue weighted by atomic mass is 35.5. The molecule has 234 valence electrons. The van der Waals surface area contributed by atoms with Crippen molar-refractivity contribution < 1.29 is 41.2 Å². The van der Waals surface area contributed by atoms with Crippen molar-refractivity contribution in [2.45, 2.75) is 32.9 Å². The summed E-state index contributed by atoms with van der Waals surface area (Å²) in [4.78, 5) is 31.3. The zero-order valence-electron chi connectivity index (χ0n) is 24.4. The van der Waals surface area contributed by atoms with E-state index in [0.717, 1.165) is 0 Å². The number of amides is 3. The van der Waals surface area contributed by atoms with Gasteiger partial charge in [-0.05, 0) is 53.1 Å². The molecule has 1 atom stereocenters. The minimum Gasteiger partial charge on any atom is -0.447 e. The first-order valence-electron chi connectivity index (χ1n) is 13.0. The lowest BCUT2D eigenvalue weighted by Crippen LogP contribution is -2.48. The number of rotatable bonds is 13. The number of fused-ring (bicyclic) bond motifs is 1. The summed E-state index contributed by atoms with van der Waals surface area (Å²) in [7, 11) is 0.112. The summed E-state index contributed by atoms with van der Waals surface area (Å²) < 4.78 is 60.4. The van der Waals surface area contributed by atoms with Crippen LogP contribution in [0.4, 0.5) is 24.2 Å². The number of aromatic nitrogens is 1. The highest BCUT2D eigenvalue weighted by Gasteiger charge is 2.33. The van der Waals surface area contributed by atoms with Crippen molar-refractivity contribution >= 4 is 48.1 Å². The van der Waals surface area contributed by atoms with Crippen LogP contribution in [0.1, 0.15) is 25.8 Å². The number of anilines is 1. The summed E-state index contributed by atoms with van der Waals surface area (Å²) in [5, 5.41) is 6.29. The molecule has 0 aliphatic rings. The molecule has 3 aromatic rings. The molecule has 0 bridgehead atoms. The lowest BCUT2D eigenvalue weighted by Gasteiger charge is -2.35. The summed E-state index contributed by atoms with van der Waals surface area (Å²) in [6, 6.07) is 8.68. The molecule has 15 heteroatoms. The van der Waals surface area contributed by atoms with Gasteiger partial charge in [-0.1, -0.05) is 37.6 Å². The zero-order valence-corrected chi connectivity index (χ0v) is 26.0. The molecule has 0 spiro atoms. The van der Waals surface area contributed by atoms with Gasteiger partial charge in [0.2, 0.25) is 0 Å². The van der Waals surface area contributed by atoms with Gasteiger partial charge in [-0.2, -0.15) is 0 Å². The van der Waals surface area contributed by atoms with Gasteiger partial charge in [0.05, 0.1) is 17.7 Å². The van der Waals surface area contributed by atoms with E-state index >= 15 is 0 Å². The zero-order chi connectivity index (χ0) is 31.8. The number of pyridine rings is 1. The fourth-order valence-corrected chi connectivity index (χ4v) is 5.14. The molecule has 1 heterocycles. The maximum atomic E-state index is 13.8. The Bertz CT molecular complexity index is 1490. The normalized spacial score (nSPS) is 12.6. The van der Waals surface area contributed by atoms with Crippen LogP contribution < -0.4 is 10.6 Å². The van der Waals surface area contributed by atoms with Crippen LogP contribution in [0.25, 0.3) is 10.8 Å². The van der Waals surface area contributed by atoms with Crippen LogP contribution in [0, 0.1) is 17.0 Å². The van der Waals surface area contributed by atoms with Gasteiger partial charge in [0.15, 0.2) is 0 Å². The van der Waals surface area contributed by atoms with E-state index in [-0.39, 0.29) is 37.0 Å². The van der Waals surface area contributed by atoms with Crippen molar-refractivity contribution in [2.24, 2.45) is 5.41 Å². The molecule has 0 saturated carbocycles. The van der Waals surface area contributed by atoms with Crippen molar-refractivity contribution in [1.82, 2.24) is 15.2 Å². The molecule has 3 amide bonds. The van der Waals surface area contributed by atoms with Crippen molar-refractivity contribution in [2.75, 3.05) is 39.8 Å². The molecular formula is C28H34ClF2N4O7P. The summed E-state index contributed by atoms with van der Waals surface area (Å²) in [5.41, 5.74) is -0.344. The second kappa shape index (κ2) is 14.9. The van der Waals surface area contributed by atoms with Crippen LogP contribution in [0.5, 0.6) is 0 Å². The molecule has 2 aromatic carbocycles. The first kappa shape index (κ1) is 34.1. The average molecular weight is 643 g/mol. The van der Waals surface area contributed by atoms with Crippen LogP contribution in [-0.4, -0.2) is 62.5 Å². The lowest BCUT2D eigenvalue weighted by atomic mass is 9.86. The fraction of sp³-hybridized carbons (Fsp3) is 0.393. The smallest absolute Gasteiger partial charge is 0.447 e. The molecule has 0 saturated heterocycles. The van der Waals surface area contributed by atoms with Crippen LogP contribution in [0.2, 0.25) is 5.02 Å². The van der Waals surface area contributed by atoms with Crippen molar-refractivity contribution in [3.63, 3.8) is 0 Å². The topological polar surface area (TPSA) is 128 Å². The Hall–Kier alpha value is -3.35. The third kappa shape index (κ3) is 9.84. The summed E-state index contributed by atoms with van der Waals surface area (Å²) in [5.74, 6) is -0.910. The van der Waals surface area contributed by atoms with E-state index in [1.54, 1.807) is 26.0 Å². The Balaban J connectivity index is 1.71. The number of hydrogen-bond acceptors (Lipinski definition) is 8. The van der Waals surface area contributed by atoms with E-state index in [0.29, 0.717) is 16.3 Å². The first-order valence-corrected chi connectivity index (χ1v) is 14.9. The van der Waals surface area contributed by atoms with Crippen molar-refractivity contribution in [3.05, 3.63) is 70.9 Å². The quantitative estimate of drug-likeness (QED) is 0.196. The number of phosphoric ester groups is 1. The highest BCUT2D eigenvalue weighted by Crippen LogP contribution is 2.49. The molecule has 0 radical (unpaired) electrons. The molecule has 0 aliphatic carbocycles. The summed E-state index contributed by atoms with van der Waals surface area (Å²) in [6.45, 7) is 3.20. The Morgan fingerprint density at radius 1 is 1.12 bits per heavy atom. The van der Waals surface area contributed by atoms with Crippen LogP contribution >= 0.6 is 19.4 Å². The number of carbonyl (C=O) groups is 2. The summed E-state index contributed by atoms with van der Waals surface area (Å²) in [6.07, 6.45) is 0.842. The van der Waals surface area contributed by atoms with Gasteiger partial charge in [-0.15, -0.1) is 0 Å². The van der Waals surface area contributed by atoms with Crippen molar-refractivity contribution in [1.29, 1.82) is 0 Å². The highest BCUT2D eigenvalue weighted by molar-refractivity contribution is 7.48. The maximum Gasteiger partial charge on any atom is 0.474 e. The van der Waals surface area contributed by atoms with E-state index in [1.807, 2.05) is 0 Å². The predicted molar refractivity (Wildman–Crippen MR) is 158 cm³/mol. The molecular weight excluding hydrogens is 609 g/mol. The van der Waals surface area contributed by atoms with E-state index in [9.17, 15) is 22.9 Å². The molecule has 3 rings (SSSR count). The Labute approximate surface area is 253 Å². The second-order valence-corrected chi connectivity index (χ2v) is 12.6. The minimum absolute atomic E-state index is 0.0561. The maximum absolute atomic E-state index is 13.8. The number of urea groups is 1. The number of hydrogen-bond donors (Lipinski definition) is 2. The van der Waals surface area contributed by atoms with Gasteiger partial charge < -0.3 is 15.0 Å². The lowest BCUT2D eigenvalue weighted by molar-refractivity contribution is 0.0633. The molecule has 11 nitrogen and oxygen atoms in total. The van der Waals surface area contributed by atoms with Gasteiger partial charge in [-0.3, -0.25) is 18.9 Å². The first-order chi connectivity index (χ1) is 20.3. The van der Waals surface area contributed by atoms with Crippen LogP contribution in [0.15, 0.2) is 48.7 Å². The van der Waals surface area contributed by atoms with Crippen LogP contribution in [0.3, 0.4) is 0 Å². The van der Waals surface area contributed by atoms with Gasteiger partial charge in [0.1, 0.15) is 24.1 Å². The molecule has 2 N–H and O–H groups in total. The van der Waals surface area contributed by atoms with Crippen molar-refractivity contribution in [3.8, 4) is 0 Å². The number of likely N-dealkylation sites (N-methyl/N-ethyl adjacent to an activating group) is 1.